The van der Waals surface area contributed by atoms with Gasteiger partial charge in [-0.2, -0.15) is 0 Å². The summed E-state index contributed by atoms with van der Waals surface area (Å²) in [7, 11) is -3.90. The summed E-state index contributed by atoms with van der Waals surface area (Å²) in [4.78, 5) is 27.2. The third-order valence-corrected chi connectivity index (χ3v) is 7.17. The fourth-order valence-electron chi connectivity index (χ4n) is 3.65. The van der Waals surface area contributed by atoms with Crippen LogP contribution < -0.4 is 4.72 Å². The Kier molecular flexibility index (Phi) is 8.66. The van der Waals surface area contributed by atoms with Crippen LogP contribution in [-0.2, 0) is 26.1 Å². The van der Waals surface area contributed by atoms with E-state index in [2.05, 4.69) is 4.72 Å². The molecule has 3 aromatic carbocycles. The third-order valence-electron chi connectivity index (χ3n) is 5.63. The minimum absolute atomic E-state index is 0.0448. The molecule has 8 heteroatoms. The lowest BCUT2D eigenvalue weighted by atomic mass is 10.0. The average Bonchev–Trinajstić information content (AvgIpc) is 2.86. The smallest absolute Gasteiger partial charge is 0.338 e. The van der Waals surface area contributed by atoms with E-state index < -0.39 is 34.2 Å². The lowest BCUT2D eigenvalue weighted by Gasteiger charge is -2.35. The monoisotopic (exact) mass is 508 g/mol. The summed E-state index contributed by atoms with van der Waals surface area (Å²) < 4.78 is 33.7. The van der Waals surface area contributed by atoms with E-state index in [1.54, 1.807) is 11.8 Å². The minimum atomic E-state index is -3.90. The summed E-state index contributed by atoms with van der Waals surface area (Å²) >= 11 is 0. The SMILES string of the molecule is CC(NS(=O)(=O)c1cccc(C(=O)OCC(=O)N(Cc2ccccc2)C(C)(C)C)c1)c1ccccc1. The van der Waals surface area contributed by atoms with Crippen LogP contribution in [0.5, 0.6) is 0 Å². The summed E-state index contributed by atoms with van der Waals surface area (Å²) in [6, 6.07) is 23.9. The number of hydrogen-bond acceptors (Lipinski definition) is 5. The van der Waals surface area contributed by atoms with Gasteiger partial charge in [-0.05, 0) is 57.0 Å². The number of nitrogens with zero attached hydrogens (tertiary/aromatic N) is 1. The molecule has 0 aromatic heterocycles. The van der Waals surface area contributed by atoms with Gasteiger partial charge in [-0.1, -0.05) is 66.7 Å². The summed E-state index contributed by atoms with van der Waals surface area (Å²) in [5, 5.41) is 0. The van der Waals surface area contributed by atoms with E-state index in [0.717, 1.165) is 11.1 Å². The van der Waals surface area contributed by atoms with Crippen molar-refractivity contribution < 1.29 is 22.7 Å². The molecule has 190 valence electrons. The molecule has 3 rings (SSSR count). The van der Waals surface area contributed by atoms with Crippen molar-refractivity contribution in [3.05, 3.63) is 102 Å². The Morgan fingerprint density at radius 3 is 2.14 bits per heavy atom. The maximum atomic E-state index is 13.0. The summed E-state index contributed by atoms with van der Waals surface area (Å²) in [6.45, 7) is 7.39. The van der Waals surface area contributed by atoms with Crippen molar-refractivity contribution in [3.63, 3.8) is 0 Å². The lowest BCUT2D eigenvalue weighted by molar-refractivity contribution is -0.140. The molecule has 0 radical (unpaired) electrons. The molecule has 36 heavy (non-hydrogen) atoms. The fraction of sp³-hybridized carbons (Fsp3) is 0.286. The number of carbonyl (C=O) groups is 2. The summed E-state index contributed by atoms with van der Waals surface area (Å²) in [5.74, 6) is -1.12. The van der Waals surface area contributed by atoms with Crippen molar-refractivity contribution in [1.29, 1.82) is 0 Å². The zero-order chi connectivity index (χ0) is 26.3. The van der Waals surface area contributed by atoms with Gasteiger partial charge in [-0.15, -0.1) is 0 Å². The second kappa shape index (κ2) is 11.5. The number of esters is 1. The zero-order valence-electron chi connectivity index (χ0n) is 21.0. The number of rotatable bonds is 9. The van der Waals surface area contributed by atoms with E-state index in [4.69, 9.17) is 4.74 Å². The number of hydrogen-bond donors (Lipinski definition) is 1. The van der Waals surface area contributed by atoms with Gasteiger partial charge in [-0.25, -0.2) is 17.9 Å². The molecule has 0 aliphatic rings. The first-order valence-corrected chi connectivity index (χ1v) is 13.1. The first kappa shape index (κ1) is 27.1. The van der Waals surface area contributed by atoms with E-state index in [0.29, 0.717) is 6.54 Å². The number of benzene rings is 3. The average molecular weight is 509 g/mol. The third kappa shape index (κ3) is 7.26. The molecule has 0 bridgehead atoms. The number of sulfonamides is 1. The van der Waals surface area contributed by atoms with Crippen LogP contribution in [-0.4, -0.2) is 37.3 Å². The van der Waals surface area contributed by atoms with Crippen LogP contribution in [0.3, 0.4) is 0 Å². The van der Waals surface area contributed by atoms with Gasteiger partial charge in [0.05, 0.1) is 10.5 Å². The van der Waals surface area contributed by atoms with Gasteiger partial charge < -0.3 is 9.64 Å². The highest BCUT2D eigenvalue weighted by Crippen LogP contribution is 2.20. The van der Waals surface area contributed by atoms with Gasteiger partial charge in [0.25, 0.3) is 5.91 Å². The van der Waals surface area contributed by atoms with Gasteiger partial charge in [0.2, 0.25) is 10.0 Å². The molecule has 0 heterocycles. The van der Waals surface area contributed by atoms with E-state index >= 15 is 0 Å². The molecule has 0 saturated carbocycles. The number of nitrogens with one attached hydrogen (secondary N) is 1. The normalized spacial score (nSPS) is 12.6. The van der Waals surface area contributed by atoms with Crippen molar-refractivity contribution in [3.8, 4) is 0 Å². The Morgan fingerprint density at radius 1 is 0.917 bits per heavy atom. The predicted octanol–water partition coefficient (Wildman–Crippen LogP) is 4.71. The molecule has 0 saturated heterocycles. The molecule has 1 N–H and O–H groups in total. The quantitative estimate of drug-likeness (QED) is 0.423. The van der Waals surface area contributed by atoms with Crippen molar-refractivity contribution in [2.75, 3.05) is 6.61 Å². The highest BCUT2D eigenvalue weighted by atomic mass is 32.2. The maximum absolute atomic E-state index is 13.0. The van der Waals surface area contributed by atoms with E-state index in [1.807, 2.05) is 81.4 Å². The van der Waals surface area contributed by atoms with Crippen LogP contribution in [0.4, 0.5) is 0 Å². The van der Waals surface area contributed by atoms with Crippen molar-refractivity contribution in [2.45, 2.75) is 50.7 Å². The van der Waals surface area contributed by atoms with Crippen LogP contribution in [0.2, 0.25) is 0 Å². The van der Waals surface area contributed by atoms with Crippen LogP contribution in [0.25, 0.3) is 0 Å². The molecule has 7 nitrogen and oxygen atoms in total. The summed E-state index contributed by atoms with van der Waals surface area (Å²) in [5.41, 5.74) is 1.33. The zero-order valence-corrected chi connectivity index (χ0v) is 21.8. The molecule has 0 spiro atoms. The second-order valence-corrected chi connectivity index (χ2v) is 11.2. The van der Waals surface area contributed by atoms with Gasteiger partial charge in [-0.3, -0.25) is 4.79 Å². The first-order chi connectivity index (χ1) is 17.0. The highest BCUT2D eigenvalue weighted by Gasteiger charge is 2.28. The standard InChI is InChI=1S/C28H32N2O5S/c1-21(23-14-9-6-10-15-23)29-36(33,34)25-17-11-16-24(18-25)27(32)35-20-26(31)30(28(2,3)4)19-22-12-7-5-8-13-22/h5-18,21,29H,19-20H2,1-4H3. The van der Waals surface area contributed by atoms with Crippen LogP contribution in [0, 0.1) is 0 Å². The Labute approximate surface area is 213 Å². The largest absolute Gasteiger partial charge is 0.452 e. The van der Waals surface area contributed by atoms with Gasteiger partial charge in [0, 0.05) is 18.1 Å². The molecule has 1 unspecified atom stereocenters. The molecule has 0 fully saturated rings. The summed E-state index contributed by atoms with van der Waals surface area (Å²) in [6.07, 6.45) is 0. The number of carbonyl (C=O) groups excluding carboxylic acids is 2. The molecule has 1 amide bonds. The maximum Gasteiger partial charge on any atom is 0.338 e. The Bertz CT molecular complexity index is 1290. The Balaban J connectivity index is 1.68. The van der Waals surface area contributed by atoms with Crippen LogP contribution >= 0.6 is 0 Å². The van der Waals surface area contributed by atoms with Gasteiger partial charge in [0.15, 0.2) is 6.61 Å². The molecule has 0 aliphatic carbocycles. The van der Waals surface area contributed by atoms with E-state index in [9.17, 15) is 18.0 Å². The fourth-order valence-corrected chi connectivity index (χ4v) is 4.93. The predicted molar refractivity (Wildman–Crippen MR) is 139 cm³/mol. The second-order valence-electron chi connectivity index (χ2n) is 9.49. The van der Waals surface area contributed by atoms with Crippen molar-refractivity contribution in [1.82, 2.24) is 9.62 Å². The van der Waals surface area contributed by atoms with Gasteiger partial charge in [0.1, 0.15) is 0 Å². The van der Waals surface area contributed by atoms with Gasteiger partial charge >= 0.3 is 5.97 Å². The lowest BCUT2D eigenvalue weighted by Crippen LogP contribution is -2.46. The van der Waals surface area contributed by atoms with Crippen LogP contribution in [0.1, 0.15) is 55.2 Å². The number of ether oxygens (including phenoxy) is 1. The molecule has 1 atom stereocenters. The van der Waals surface area contributed by atoms with E-state index in [-0.39, 0.29) is 16.4 Å². The Morgan fingerprint density at radius 2 is 1.53 bits per heavy atom. The van der Waals surface area contributed by atoms with E-state index in [1.165, 1.54) is 24.3 Å². The Hall–Kier alpha value is -3.49. The van der Waals surface area contributed by atoms with Crippen LogP contribution in [0.15, 0.2) is 89.8 Å². The molecule has 3 aromatic rings. The van der Waals surface area contributed by atoms with Crippen molar-refractivity contribution in [2.24, 2.45) is 0 Å². The topological polar surface area (TPSA) is 92.8 Å². The molecular formula is C28H32N2O5S. The first-order valence-electron chi connectivity index (χ1n) is 11.7. The molecule has 0 aliphatic heterocycles. The van der Waals surface area contributed by atoms with Crippen molar-refractivity contribution >= 4 is 21.9 Å². The minimum Gasteiger partial charge on any atom is -0.452 e. The highest BCUT2D eigenvalue weighted by molar-refractivity contribution is 7.89. The number of amides is 1. The molecular weight excluding hydrogens is 476 g/mol.